The van der Waals surface area contributed by atoms with Gasteiger partial charge in [0.1, 0.15) is 23.1 Å². The van der Waals surface area contributed by atoms with Gasteiger partial charge in [0, 0.05) is 31.3 Å². The Morgan fingerprint density at radius 1 is 0.979 bits per heavy atom. The van der Waals surface area contributed by atoms with E-state index in [1.807, 2.05) is 42.5 Å². The van der Waals surface area contributed by atoms with Crippen LogP contribution in [-0.4, -0.2) is 67.6 Å². The average molecular weight is 665 g/mol. The lowest BCUT2D eigenvalue weighted by Gasteiger charge is -2.26. The predicted molar refractivity (Wildman–Crippen MR) is 173 cm³/mol. The molecular weight excluding hydrogens is 624 g/mol. The molecular formula is C34H40N4O8S. The van der Waals surface area contributed by atoms with Crippen LogP contribution in [0.1, 0.15) is 51.4 Å². The fraction of sp³-hybridized carbons (Fsp3) is 0.471. The second-order valence-electron chi connectivity index (χ2n) is 12.9. The van der Waals surface area contributed by atoms with Crippen molar-refractivity contribution in [3.63, 3.8) is 0 Å². The molecule has 13 heteroatoms. The average Bonchev–Trinajstić information content (AvgIpc) is 3.96. The Labute approximate surface area is 274 Å². The van der Waals surface area contributed by atoms with Gasteiger partial charge in [-0.2, -0.15) is 0 Å². The minimum absolute atomic E-state index is 0.0687. The van der Waals surface area contributed by atoms with Gasteiger partial charge in [0.2, 0.25) is 21.8 Å². The van der Waals surface area contributed by atoms with Crippen molar-refractivity contribution < 1.29 is 37.1 Å². The molecule has 5 atom stereocenters. The smallest absolute Gasteiger partial charge is 0.411 e. The zero-order chi connectivity index (χ0) is 33.2. The number of hydrogen-bond acceptors (Lipinski definition) is 8. The third-order valence-electron chi connectivity index (χ3n) is 9.33. The minimum Gasteiger partial charge on any atom is -0.457 e. The number of ether oxygens (including phenoxy) is 2. The number of benzene rings is 2. The third-order valence-corrected chi connectivity index (χ3v) is 11.1. The number of para-hydroxylation sites is 1. The number of rotatable bonds is 7. The van der Waals surface area contributed by atoms with Crippen molar-refractivity contribution in [2.75, 3.05) is 18.9 Å². The highest BCUT2D eigenvalue weighted by molar-refractivity contribution is 7.91. The van der Waals surface area contributed by atoms with E-state index in [4.69, 9.17) is 9.47 Å². The molecule has 12 nitrogen and oxygen atoms in total. The van der Waals surface area contributed by atoms with Crippen LogP contribution in [0.2, 0.25) is 0 Å². The van der Waals surface area contributed by atoms with Crippen molar-refractivity contribution in [2.24, 2.45) is 17.8 Å². The van der Waals surface area contributed by atoms with Crippen LogP contribution in [0.5, 0.6) is 11.5 Å². The Morgan fingerprint density at radius 2 is 1.72 bits per heavy atom. The van der Waals surface area contributed by atoms with Crippen LogP contribution in [0.25, 0.3) is 0 Å². The van der Waals surface area contributed by atoms with Gasteiger partial charge in [0.05, 0.1) is 17.1 Å². The van der Waals surface area contributed by atoms with E-state index in [9.17, 15) is 27.6 Å². The summed E-state index contributed by atoms with van der Waals surface area (Å²) in [5.74, 6) is -2.43. The molecule has 0 aromatic heterocycles. The summed E-state index contributed by atoms with van der Waals surface area (Å²) in [6.45, 7) is 0.514. The van der Waals surface area contributed by atoms with Gasteiger partial charge in [-0.15, -0.1) is 0 Å². The first kappa shape index (κ1) is 32.5. The van der Waals surface area contributed by atoms with Gasteiger partial charge in [-0.3, -0.25) is 24.4 Å². The molecule has 2 aromatic rings. The molecule has 3 aliphatic carbocycles. The van der Waals surface area contributed by atoms with E-state index < -0.39 is 56.7 Å². The number of nitrogens with one attached hydrogen (secondary N) is 3. The molecule has 250 valence electrons. The van der Waals surface area contributed by atoms with E-state index in [2.05, 4.69) is 15.4 Å². The Hall–Kier alpha value is -4.39. The molecule has 0 spiro atoms. The van der Waals surface area contributed by atoms with Crippen molar-refractivity contribution in [1.82, 2.24) is 14.9 Å². The summed E-state index contributed by atoms with van der Waals surface area (Å²) in [6.07, 6.45) is 6.05. The number of sulfonamides is 1. The Bertz CT molecular complexity index is 1660. The van der Waals surface area contributed by atoms with E-state index in [1.54, 1.807) is 36.2 Å². The van der Waals surface area contributed by atoms with Crippen LogP contribution in [0, 0.1) is 17.8 Å². The molecule has 1 heterocycles. The van der Waals surface area contributed by atoms with Crippen molar-refractivity contribution in [3.05, 3.63) is 66.7 Å². The summed E-state index contributed by atoms with van der Waals surface area (Å²) < 4.78 is 39.0. The number of hydrogen-bond donors (Lipinski definition) is 3. The summed E-state index contributed by atoms with van der Waals surface area (Å²) in [5.41, 5.74) is -0.988. The van der Waals surface area contributed by atoms with Crippen LogP contribution >= 0.6 is 0 Å². The largest absolute Gasteiger partial charge is 0.457 e. The van der Waals surface area contributed by atoms with E-state index >= 15 is 0 Å². The van der Waals surface area contributed by atoms with Gasteiger partial charge in [0.25, 0.3) is 5.91 Å². The SMILES string of the molecule is CN1CCCC/C=C\[C@H]2C[C@@]2(C(=O)NS(=O)(=O)C2CC2)NC(=O)[C@@H]2C[C@@H](OC(=O)Nc3cccc(Oc4ccccc4)c3)C[C@H]2C1=O. The molecule has 4 aliphatic rings. The molecule has 6 rings (SSSR count). The summed E-state index contributed by atoms with van der Waals surface area (Å²) >= 11 is 0. The normalized spacial score (nSPS) is 28.5. The molecule has 3 N–H and O–H groups in total. The van der Waals surface area contributed by atoms with Crippen LogP contribution < -0.4 is 20.1 Å². The highest BCUT2D eigenvalue weighted by atomic mass is 32.2. The summed E-state index contributed by atoms with van der Waals surface area (Å²) in [6, 6.07) is 16.0. The van der Waals surface area contributed by atoms with Crippen LogP contribution in [0.4, 0.5) is 10.5 Å². The van der Waals surface area contributed by atoms with Gasteiger partial charge in [-0.25, -0.2) is 13.2 Å². The maximum atomic E-state index is 13.9. The molecule has 0 radical (unpaired) electrons. The zero-order valence-corrected chi connectivity index (χ0v) is 27.0. The van der Waals surface area contributed by atoms with Crippen molar-refractivity contribution in [3.8, 4) is 11.5 Å². The number of anilines is 1. The lowest BCUT2D eigenvalue weighted by atomic mass is 9.93. The fourth-order valence-corrected chi connectivity index (χ4v) is 7.82. The monoisotopic (exact) mass is 664 g/mol. The first-order valence-corrected chi connectivity index (χ1v) is 17.7. The lowest BCUT2D eigenvalue weighted by Crippen LogP contribution is -2.54. The molecule has 2 aromatic carbocycles. The van der Waals surface area contributed by atoms with Crippen molar-refractivity contribution in [1.29, 1.82) is 0 Å². The number of fused-ring (bicyclic) bond motifs is 2. The summed E-state index contributed by atoms with van der Waals surface area (Å²) in [4.78, 5) is 55.5. The van der Waals surface area contributed by atoms with Crippen molar-refractivity contribution in [2.45, 2.75) is 68.3 Å². The number of carbonyl (C=O) groups excluding carboxylic acids is 4. The number of allylic oxidation sites excluding steroid dienone is 1. The molecule has 0 bridgehead atoms. The number of amides is 4. The highest BCUT2D eigenvalue weighted by Gasteiger charge is 2.62. The fourth-order valence-electron chi connectivity index (χ4n) is 6.45. The third kappa shape index (κ3) is 7.61. The molecule has 3 saturated carbocycles. The number of carbonyl (C=O) groups is 4. The van der Waals surface area contributed by atoms with Gasteiger partial charge in [0.15, 0.2) is 0 Å². The predicted octanol–water partition coefficient (Wildman–Crippen LogP) is 4.10. The minimum atomic E-state index is -3.83. The molecule has 0 saturated heterocycles. The maximum Gasteiger partial charge on any atom is 0.411 e. The van der Waals surface area contributed by atoms with E-state index in [0.29, 0.717) is 36.6 Å². The van der Waals surface area contributed by atoms with Gasteiger partial charge in [-0.1, -0.05) is 36.4 Å². The molecule has 4 amide bonds. The second-order valence-corrected chi connectivity index (χ2v) is 14.9. The molecule has 1 aliphatic heterocycles. The lowest BCUT2D eigenvalue weighted by molar-refractivity contribution is -0.140. The Balaban J connectivity index is 1.16. The van der Waals surface area contributed by atoms with E-state index in [0.717, 1.165) is 19.3 Å². The van der Waals surface area contributed by atoms with Gasteiger partial charge in [-0.05, 0) is 75.6 Å². The van der Waals surface area contributed by atoms with Crippen LogP contribution in [-0.2, 0) is 29.1 Å². The van der Waals surface area contributed by atoms with Crippen LogP contribution in [0.15, 0.2) is 66.7 Å². The first-order valence-electron chi connectivity index (χ1n) is 16.1. The molecule has 47 heavy (non-hydrogen) atoms. The Kier molecular flexibility index (Phi) is 9.27. The standard InChI is InChI=1S/C34H40N4O8S/c1-38-17-8-3-2-5-10-22-21-34(22,32(41)37-47(43,44)27-15-16-27)36-30(39)28-19-26(20-29(28)31(38)40)46-33(42)35-23-11-9-14-25(18-23)45-24-12-6-4-7-13-24/h4-7,9-14,18,22,26-29H,2-3,8,15-17,19-21H2,1H3,(H,35,42)(H,36,39)(H,37,41)/b10-5-/t22-,26+,28+,29+,34+/m0/s1. The maximum absolute atomic E-state index is 13.9. The summed E-state index contributed by atoms with van der Waals surface area (Å²) in [5, 5.41) is 4.94. The quantitative estimate of drug-likeness (QED) is 0.373. The van der Waals surface area contributed by atoms with E-state index in [-0.39, 0.29) is 31.1 Å². The van der Waals surface area contributed by atoms with Gasteiger partial charge < -0.3 is 19.7 Å². The topological polar surface area (TPSA) is 160 Å². The first-order chi connectivity index (χ1) is 22.5. The van der Waals surface area contributed by atoms with Crippen LogP contribution in [0.3, 0.4) is 0 Å². The highest BCUT2D eigenvalue weighted by Crippen LogP contribution is 2.47. The van der Waals surface area contributed by atoms with Gasteiger partial charge >= 0.3 is 6.09 Å². The summed E-state index contributed by atoms with van der Waals surface area (Å²) in [7, 11) is -2.14. The van der Waals surface area contributed by atoms with E-state index in [1.165, 1.54) is 0 Å². The molecule has 3 fully saturated rings. The zero-order valence-electron chi connectivity index (χ0n) is 26.2. The number of nitrogens with zero attached hydrogens (tertiary/aromatic N) is 1. The second kappa shape index (κ2) is 13.4. The van der Waals surface area contributed by atoms with Crippen molar-refractivity contribution >= 4 is 39.5 Å². The molecule has 0 unspecified atom stereocenters. The Morgan fingerprint density at radius 3 is 2.49 bits per heavy atom.